The Morgan fingerprint density at radius 1 is 1.00 bits per heavy atom. The van der Waals surface area contributed by atoms with Crippen LogP contribution in [0.25, 0.3) is 0 Å². The molecule has 0 N–H and O–H groups in total. The number of ketones is 1. The van der Waals surface area contributed by atoms with Gasteiger partial charge in [0.25, 0.3) is 0 Å². The van der Waals surface area contributed by atoms with Crippen LogP contribution in [0.3, 0.4) is 0 Å². The molecule has 0 bridgehead atoms. The summed E-state index contributed by atoms with van der Waals surface area (Å²) in [5.74, 6) is -0.520. The van der Waals surface area contributed by atoms with Crippen molar-refractivity contribution in [2.24, 2.45) is 0 Å². The average molecular weight is 283 g/mol. The Labute approximate surface area is 124 Å². The maximum absolute atomic E-state index is 13.2. The lowest BCUT2D eigenvalue weighted by molar-refractivity contribution is 0.103. The lowest BCUT2D eigenvalue weighted by atomic mass is 10.0. The molecule has 3 heteroatoms. The maximum atomic E-state index is 13.2. The van der Waals surface area contributed by atoms with E-state index < -0.39 is 0 Å². The lowest BCUT2D eigenvalue weighted by Crippen LogP contribution is -2.18. The van der Waals surface area contributed by atoms with E-state index in [1.54, 1.807) is 12.1 Å². The van der Waals surface area contributed by atoms with Crippen LogP contribution in [0.2, 0.25) is 0 Å². The maximum Gasteiger partial charge on any atom is 0.193 e. The van der Waals surface area contributed by atoms with E-state index in [0.717, 1.165) is 19.6 Å². The second-order valence-corrected chi connectivity index (χ2v) is 5.52. The Morgan fingerprint density at radius 3 is 2.38 bits per heavy atom. The molecule has 0 unspecified atom stereocenters. The molecular formula is C18H18FNO. The van der Waals surface area contributed by atoms with E-state index in [0.29, 0.717) is 11.1 Å². The monoisotopic (exact) mass is 283 g/mol. The van der Waals surface area contributed by atoms with E-state index in [9.17, 15) is 9.18 Å². The molecule has 0 atom stereocenters. The molecule has 1 heterocycles. The van der Waals surface area contributed by atoms with Crippen molar-refractivity contribution in [1.29, 1.82) is 0 Å². The minimum atomic E-state index is -0.383. The van der Waals surface area contributed by atoms with E-state index >= 15 is 0 Å². The van der Waals surface area contributed by atoms with Gasteiger partial charge < -0.3 is 0 Å². The smallest absolute Gasteiger partial charge is 0.193 e. The van der Waals surface area contributed by atoms with Crippen LogP contribution in [0, 0.1) is 5.82 Å². The van der Waals surface area contributed by atoms with Crippen LogP contribution in [0.4, 0.5) is 4.39 Å². The molecule has 1 fully saturated rings. The SMILES string of the molecule is O=C(c1ccc(CN2CCCC2)cc1)c1cccc(F)c1. The first-order valence-electron chi connectivity index (χ1n) is 7.34. The molecule has 2 aromatic rings. The number of nitrogens with zero attached hydrogens (tertiary/aromatic N) is 1. The van der Waals surface area contributed by atoms with E-state index in [2.05, 4.69) is 4.90 Å². The van der Waals surface area contributed by atoms with Gasteiger partial charge >= 0.3 is 0 Å². The van der Waals surface area contributed by atoms with Crippen molar-refractivity contribution in [1.82, 2.24) is 4.90 Å². The van der Waals surface area contributed by atoms with Crippen LogP contribution in [0.5, 0.6) is 0 Å². The summed E-state index contributed by atoms with van der Waals surface area (Å²) in [6.45, 7) is 3.25. The zero-order valence-corrected chi connectivity index (χ0v) is 11.9. The highest BCUT2D eigenvalue weighted by Crippen LogP contribution is 2.15. The molecule has 1 aliphatic heterocycles. The molecule has 0 aliphatic carbocycles. The molecule has 1 aliphatic rings. The summed E-state index contributed by atoms with van der Waals surface area (Å²) in [4.78, 5) is 14.7. The summed E-state index contributed by atoms with van der Waals surface area (Å²) in [5, 5.41) is 0. The summed E-state index contributed by atoms with van der Waals surface area (Å²) < 4.78 is 13.2. The quantitative estimate of drug-likeness (QED) is 0.798. The predicted molar refractivity (Wildman–Crippen MR) is 80.8 cm³/mol. The number of benzene rings is 2. The molecule has 0 amide bonds. The number of halogens is 1. The van der Waals surface area contributed by atoms with Gasteiger partial charge in [-0.25, -0.2) is 4.39 Å². The summed E-state index contributed by atoms with van der Waals surface area (Å²) >= 11 is 0. The summed E-state index contributed by atoms with van der Waals surface area (Å²) in [6.07, 6.45) is 2.55. The fourth-order valence-electron chi connectivity index (χ4n) is 2.76. The largest absolute Gasteiger partial charge is 0.299 e. The topological polar surface area (TPSA) is 20.3 Å². The molecule has 2 nitrogen and oxygen atoms in total. The van der Waals surface area contributed by atoms with Gasteiger partial charge in [0.05, 0.1) is 0 Å². The van der Waals surface area contributed by atoms with Gasteiger partial charge in [-0.15, -0.1) is 0 Å². The van der Waals surface area contributed by atoms with Crippen LogP contribution in [0.15, 0.2) is 48.5 Å². The zero-order chi connectivity index (χ0) is 14.7. The minimum Gasteiger partial charge on any atom is -0.299 e. The van der Waals surface area contributed by atoms with Gasteiger partial charge in [0.1, 0.15) is 5.82 Å². The molecular weight excluding hydrogens is 265 g/mol. The van der Waals surface area contributed by atoms with Crippen molar-refractivity contribution < 1.29 is 9.18 Å². The van der Waals surface area contributed by atoms with Crippen LogP contribution in [-0.2, 0) is 6.54 Å². The number of rotatable bonds is 4. The van der Waals surface area contributed by atoms with Crippen molar-refractivity contribution in [3.63, 3.8) is 0 Å². The van der Waals surface area contributed by atoms with E-state index in [4.69, 9.17) is 0 Å². The molecule has 3 rings (SSSR count). The highest BCUT2D eigenvalue weighted by Gasteiger charge is 2.13. The summed E-state index contributed by atoms with van der Waals surface area (Å²) in [5.41, 5.74) is 2.21. The first kappa shape index (κ1) is 14.0. The summed E-state index contributed by atoms with van der Waals surface area (Å²) in [7, 11) is 0. The molecule has 0 aromatic heterocycles. The predicted octanol–water partition coefficient (Wildman–Crippen LogP) is 3.65. The van der Waals surface area contributed by atoms with E-state index in [1.807, 2.05) is 24.3 Å². The molecule has 0 spiro atoms. The Morgan fingerprint density at radius 2 is 1.71 bits per heavy atom. The fourth-order valence-corrected chi connectivity index (χ4v) is 2.76. The van der Waals surface area contributed by atoms with Crippen molar-refractivity contribution in [3.8, 4) is 0 Å². The van der Waals surface area contributed by atoms with Gasteiger partial charge in [0.2, 0.25) is 0 Å². The van der Waals surface area contributed by atoms with Crippen LogP contribution < -0.4 is 0 Å². The second-order valence-electron chi connectivity index (χ2n) is 5.52. The first-order chi connectivity index (χ1) is 10.2. The third kappa shape index (κ3) is 3.37. The zero-order valence-electron chi connectivity index (χ0n) is 11.9. The van der Waals surface area contributed by atoms with Gasteiger partial charge in [-0.1, -0.05) is 36.4 Å². The lowest BCUT2D eigenvalue weighted by Gasteiger charge is -2.14. The molecule has 2 aromatic carbocycles. The van der Waals surface area contributed by atoms with Crippen molar-refractivity contribution in [2.75, 3.05) is 13.1 Å². The Kier molecular flexibility index (Phi) is 4.11. The third-order valence-corrected chi connectivity index (χ3v) is 3.91. The normalized spacial score (nSPS) is 15.3. The highest BCUT2D eigenvalue weighted by molar-refractivity contribution is 6.08. The summed E-state index contributed by atoms with van der Waals surface area (Å²) in [6, 6.07) is 13.5. The standard InChI is InChI=1S/C18H18FNO/c19-17-5-3-4-16(12-17)18(21)15-8-6-14(7-9-15)13-20-10-1-2-11-20/h3-9,12H,1-2,10-11,13H2. The highest BCUT2D eigenvalue weighted by atomic mass is 19.1. The van der Waals surface area contributed by atoms with Gasteiger partial charge in [-0.2, -0.15) is 0 Å². The van der Waals surface area contributed by atoms with Gasteiger partial charge in [0, 0.05) is 17.7 Å². The van der Waals surface area contributed by atoms with E-state index in [1.165, 1.54) is 30.5 Å². The van der Waals surface area contributed by atoms with Crippen LogP contribution in [0.1, 0.15) is 34.3 Å². The minimum absolute atomic E-state index is 0.137. The number of likely N-dealkylation sites (tertiary alicyclic amines) is 1. The Hall–Kier alpha value is -2.00. The van der Waals surface area contributed by atoms with Crippen LogP contribution >= 0.6 is 0 Å². The first-order valence-corrected chi connectivity index (χ1v) is 7.34. The molecule has 1 saturated heterocycles. The number of carbonyl (C=O) groups excluding carboxylic acids is 1. The van der Waals surface area contributed by atoms with Crippen molar-refractivity contribution in [3.05, 3.63) is 71.0 Å². The third-order valence-electron chi connectivity index (χ3n) is 3.91. The molecule has 108 valence electrons. The van der Waals surface area contributed by atoms with E-state index in [-0.39, 0.29) is 11.6 Å². The number of carbonyl (C=O) groups is 1. The fraction of sp³-hybridized carbons (Fsp3) is 0.278. The van der Waals surface area contributed by atoms with Gasteiger partial charge in [-0.3, -0.25) is 9.69 Å². The molecule has 0 saturated carbocycles. The van der Waals surface area contributed by atoms with Crippen LogP contribution in [-0.4, -0.2) is 23.8 Å². The average Bonchev–Trinajstić information content (AvgIpc) is 3.00. The van der Waals surface area contributed by atoms with Crippen molar-refractivity contribution in [2.45, 2.75) is 19.4 Å². The van der Waals surface area contributed by atoms with Gasteiger partial charge in [0.15, 0.2) is 5.78 Å². The van der Waals surface area contributed by atoms with Crippen molar-refractivity contribution >= 4 is 5.78 Å². The Balaban J connectivity index is 1.72. The Bertz CT molecular complexity index is 630. The number of hydrogen-bond acceptors (Lipinski definition) is 2. The second kappa shape index (κ2) is 6.19. The van der Waals surface area contributed by atoms with Gasteiger partial charge in [-0.05, 0) is 43.6 Å². The molecule has 0 radical (unpaired) electrons. The number of hydrogen-bond donors (Lipinski definition) is 0. The molecule has 21 heavy (non-hydrogen) atoms.